The third-order valence-electron chi connectivity index (χ3n) is 3.93. The predicted octanol–water partition coefficient (Wildman–Crippen LogP) is 3.23. The van der Waals surface area contributed by atoms with Crippen molar-refractivity contribution in [2.45, 2.75) is 20.4 Å². The molecule has 2 N–H and O–H groups in total. The smallest absolute Gasteiger partial charge is 0.290 e. The molecule has 3 aromatic rings. The molecular formula is C20H21N3O4S. The molecule has 0 saturated carbocycles. The van der Waals surface area contributed by atoms with E-state index in [0.29, 0.717) is 36.0 Å². The first-order valence-corrected chi connectivity index (χ1v) is 9.75. The zero-order valence-electron chi connectivity index (χ0n) is 15.7. The van der Waals surface area contributed by atoms with Crippen molar-refractivity contribution in [2.75, 3.05) is 18.9 Å². The zero-order chi connectivity index (χ0) is 20.1. The number of ether oxygens (including phenoxy) is 2. The highest BCUT2D eigenvalue weighted by atomic mass is 32.1. The lowest BCUT2D eigenvalue weighted by atomic mass is 10.1. The van der Waals surface area contributed by atoms with Crippen molar-refractivity contribution in [1.29, 1.82) is 0 Å². The number of rotatable bonds is 8. The fourth-order valence-corrected chi connectivity index (χ4v) is 3.35. The van der Waals surface area contributed by atoms with Crippen LogP contribution < -0.4 is 20.8 Å². The van der Waals surface area contributed by atoms with Crippen molar-refractivity contribution in [2.24, 2.45) is 0 Å². The molecule has 0 aliphatic heterocycles. The number of carbonyl (C=O) groups is 1. The van der Waals surface area contributed by atoms with Gasteiger partial charge in [0, 0.05) is 5.56 Å². The number of Topliss-reactive ketones (excluding diaryl/α,β-unsaturated/α-hetero) is 1. The third kappa shape index (κ3) is 4.23. The van der Waals surface area contributed by atoms with Gasteiger partial charge in [-0.2, -0.15) is 5.10 Å². The number of nitrogens with two attached hydrogens (primary N) is 1. The summed E-state index contributed by atoms with van der Waals surface area (Å²) in [6, 6.07) is 10.2. The van der Waals surface area contributed by atoms with Crippen LogP contribution in [0.15, 0.2) is 46.6 Å². The molecular weight excluding hydrogens is 378 g/mol. The van der Waals surface area contributed by atoms with Crippen LogP contribution in [0, 0.1) is 0 Å². The lowest BCUT2D eigenvalue weighted by Crippen LogP contribution is -2.29. The highest BCUT2D eigenvalue weighted by Crippen LogP contribution is 2.29. The quantitative estimate of drug-likeness (QED) is 0.584. The number of nitrogens with zero attached hydrogens (tertiary/aromatic N) is 2. The van der Waals surface area contributed by atoms with Gasteiger partial charge in [-0.05, 0) is 49.6 Å². The maximum atomic E-state index is 12.8. The van der Waals surface area contributed by atoms with Crippen molar-refractivity contribution in [3.05, 3.63) is 57.7 Å². The summed E-state index contributed by atoms with van der Waals surface area (Å²) in [6.07, 6.45) is 0. The molecule has 0 aliphatic rings. The Morgan fingerprint density at radius 2 is 1.89 bits per heavy atom. The maximum Gasteiger partial charge on any atom is 0.290 e. The van der Waals surface area contributed by atoms with Crippen LogP contribution in [0.3, 0.4) is 0 Å². The van der Waals surface area contributed by atoms with Gasteiger partial charge in [-0.25, -0.2) is 4.68 Å². The Morgan fingerprint density at radius 1 is 1.14 bits per heavy atom. The van der Waals surface area contributed by atoms with Gasteiger partial charge in [-0.15, -0.1) is 11.3 Å². The van der Waals surface area contributed by atoms with E-state index in [-0.39, 0.29) is 18.0 Å². The number of benzene rings is 1. The minimum Gasteiger partial charge on any atom is -0.490 e. The number of aromatic nitrogens is 2. The highest BCUT2D eigenvalue weighted by molar-refractivity contribution is 7.13. The van der Waals surface area contributed by atoms with Gasteiger partial charge in [-0.3, -0.25) is 9.59 Å². The molecule has 0 spiro atoms. The first-order valence-electron chi connectivity index (χ1n) is 8.87. The molecule has 7 nitrogen and oxygen atoms in total. The molecule has 8 heteroatoms. The summed E-state index contributed by atoms with van der Waals surface area (Å²) in [5.74, 6) is 0.781. The van der Waals surface area contributed by atoms with Gasteiger partial charge < -0.3 is 15.2 Å². The van der Waals surface area contributed by atoms with Gasteiger partial charge in [0.15, 0.2) is 17.3 Å². The average Bonchev–Trinajstić information content (AvgIpc) is 3.21. The third-order valence-corrected chi connectivity index (χ3v) is 4.83. The molecule has 28 heavy (non-hydrogen) atoms. The second kappa shape index (κ2) is 8.71. The van der Waals surface area contributed by atoms with Crippen molar-refractivity contribution in [3.63, 3.8) is 0 Å². The van der Waals surface area contributed by atoms with Crippen molar-refractivity contribution in [3.8, 4) is 22.1 Å². The van der Waals surface area contributed by atoms with Crippen LogP contribution in [0.1, 0.15) is 24.2 Å². The predicted molar refractivity (Wildman–Crippen MR) is 109 cm³/mol. The number of thiophene rings is 1. The summed E-state index contributed by atoms with van der Waals surface area (Å²) >= 11 is 1.48. The summed E-state index contributed by atoms with van der Waals surface area (Å²) < 4.78 is 12.2. The Balaban J connectivity index is 1.91. The van der Waals surface area contributed by atoms with Crippen molar-refractivity contribution < 1.29 is 14.3 Å². The van der Waals surface area contributed by atoms with E-state index in [9.17, 15) is 9.59 Å². The first kappa shape index (κ1) is 19.6. The summed E-state index contributed by atoms with van der Waals surface area (Å²) in [5, 5.41) is 6.21. The molecule has 146 valence electrons. The van der Waals surface area contributed by atoms with E-state index in [4.69, 9.17) is 15.2 Å². The van der Waals surface area contributed by atoms with E-state index in [1.807, 2.05) is 31.4 Å². The van der Waals surface area contributed by atoms with E-state index < -0.39 is 5.56 Å². The van der Waals surface area contributed by atoms with Gasteiger partial charge in [0.1, 0.15) is 17.9 Å². The summed E-state index contributed by atoms with van der Waals surface area (Å²) in [5.41, 5.74) is 6.36. The monoisotopic (exact) mass is 399 g/mol. The summed E-state index contributed by atoms with van der Waals surface area (Å²) in [7, 11) is 0. The lowest BCUT2D eigenvalue weighted by Gasteiger charge is -2.12. The van der Waals surface area contributed by atoms with E-state index in [1.165, 1.54) is 17.4 Å². The number of nitrogen functional groups attached to an aromatic ring is 1. The molecule has 3 rings (SSSR count). The molecule has 0 saturated heterocycles. The Morgan fingerprint density at radius 3 is 2.57 bits per heavy atom. The number of hydrogen-bond acceptors (Lipinski definition) is 7. The van der Waals surface area contributed by atoms with Crippen LogP contribution in [-0.2, 0) is 6.54 Å². The van der Waals surface area contributed by atoms with Gasteiger partial charge in [-0.1, -0.05) is 6.07 Å². The average molecular weight is 399 g/mol. The molecule has 0 bridgehead atoms. The van der Waals surface area contributed by atoms with Crippen LogP contribution >= 0.6 is 11.3 Å². The number of carbonyl (C=O) groups excluding carboxylic acids is 1. The van der Waals surface area contributed by atoms with E-state index in [0.717, 1.165) is 9.56 Å². The second-order valence-corrected chi connectivity index (χ2v) is 6.82. The first-order chi connectivity index (χ1) is 13.5. The molecule has 0 unspecified atom stereocenters. The molecule has 2 aromatic heterocycles. The Bertz CT molecular complexity index is 1030. The lowest BCUT2D eigenvalue weighted by molar-refractivity contribution is 0.0965. The SMILES string of the molecule is CCOc1ccc(C(=O)Cn2nc(-c3cccs3)cc(N)c2=O)cc1OCC. The maximum absolute atomic E-state index is 12.8. The van der Waals surface area contributed by atoms with E-state index in [1.54, 1.807) is 18.2 Å². The summed E-state index contributed by atoms with van der Waals surface area (Å²) in [6.45, 7) is 4.44. The van der Waals surface area contributed by atoms with Crippen LogP contribution in [-0.4, -0.2) is 28.8 Å². The molecule has 0 radical (unpaired) electrons. The van der Waals surface area contributed by atoms with Gasteiger partial charge in [0.2, 0.25) is 0 Å². The minimum absolute atomic E-state index is 0.0490. The fourth-order valence-electron chi connectivity index (χ4n) is 2.67. The Labute approximate surface area is 166 Å². The number of hydrogen-bond donors (Lipinski definition) is 1. The van der Waals surface area contributed by atoms with E-state index >= 15 is 0 Å². The zero-order valence-corrected chi connectivity index (χ0v) is 16.5. The Hall–Kier alpha value is -3.13. The normalized spacial score (nSPS) is 10.6. The van der Waals surface area contributed by atoms with Gasteiger partial charge >= 0.3 is 0 Å². The summed E-state index contributed by atoms with van der Waals surface area (Å²) in [4.78, 5) is 26.0. The molecule has 0 fully saturated rings. The molecule has 2 heterocycles. The van der Waals surface area contributed by atoms with Crippen LogP contribution in [0.2, 0.25) is 0 Å². The minimum atomic E-state index is -0.496. The van der Waals surface area contributed by atoms with Crippen LogP contribution in [0.25, 0.3) is 10.6 Å². The second-order valence-electron chi connectivity index (χ2n) is 5.88. The van der Waals surface area contributed by atoms with Crippen molar-refractivity contribution >= 4 is 22.8 Å². The van der Waals surface area contributed by atoms with Gasteiger partial charge in [0.25, 0.3) is 5.56 Å². The van der Waals surface area contributed by atoms with Crippen LogP contribution in [0.4, 0.5) is 5.69 Å². The molecule has 1 aromatic carbocycles. The van der Waals surface area contributed by atoms with Gasteiger partial charge in [0.05, 0.1) is 18.1 Å². The topological polar surface area (TPSA) is 96.4 Å². The molecule has 0 atom stereocenters. The standard InChI is InChI=1S/C20H21N3O4S/c1-3-26-17-8-7-13(10-18(17)27-4-2)16(24)12-23-20(25)14(21)11-15(22-23)19-6-5-9-28-19/h5-11H,3-4,12,21H2,1-2H3. The number of anilines is 1. The fraction of sp³-hybridized carbons (Fsp3) is 0.250. The Kier molecular flexibility index (Phi) is 6.10. The van der Waals surface area contributed by atoms with Crippen LogP contribution in [0.5, 0.6) is 11.5 Å². The largest absolute Gasteiger partial charge is 0.490 e. The highest BCUT2D eigenvalue weighted by Gasteiger charge is 2.15. The number of ketones is 1. The molecule has 0 aliphatic carbocycles. The molecule has 0 amide bonds. The van der Waals surface area contributed by atoms with Crippen molar-refractivity contribution in [1.82, 2.24) is 9.78 Å². The van der Waals surface area contributed by atoms with E-state index in [2.05, 4.69) is 5.10 Å².